The lowest BCUT2D eigenvalue weighted by Gasteiger charge is -2.37. The fourth-order valence-corrected chi connectivity index (χ4v) is 3.91. The third-order valence-electron chi connectivity index (χ3n) is 5.16. The van der Waals surface area contributed by atoms with Crippen LogP contribution in [0.4, 0.5) is 5.69 Å². The Bertz CT molecular complexity index is 919. The van der Waals surface area contributed by atoms with Gasteiger partial charge in [-0.1, -0.05) is 72.3 Å². The Hall–Kier alpha value is -2.65. The van der Waals surface area contributed by atoms with Crippen molar-refractivity contribution in [2.24, 2.45) is 0 Å². The lowest BCUT2D eigenvalue weighted by Crippen LogP contribution is -2.45. The van der Waals surface area contributed by atoms with Gasteiger partial charge in [-0.05, 0) is 54.4 Å². The largest absolute Gasteiger partial charge is 0.344 e. The van der Waals surface area contributed by atoms with Crippen LogP contribution >= 0.6 is 12.2 Å². The lowest BCUT2D eigenvalue weighted by atomic mass is 10.0. The molecule has 136 valence electrons. The maximum absolute atomic E-state index is 5.98. The molecule has 1 aliphatic heterocycles. The highest BCUT2D eigenvalue weighted by atomic mass is 32.1. The number of aryl methyl sites for hydroxylation is 1. The van der Waals surface area contributed by atoms with Crippen molar-refractivity contribution in [3.8, 4) is 0 Å². The summed E-state index contributed by atoms with van der Waals surface area (Å²) in [6.07, 6.45) is 1.05. The Balaban J connectivity index is 1.60. The first kappa shape index (κ1) is 17.7. The molecule has 0 saturated carbocycles. The standard InChI is InChI=1S/C24H24N2S/c1-19-11-13-20(14-12-19)17-26(23-9-3-2-4-10-23)24(27)25-16-15-21-7-5-6-8-22(21)18-25/h2-14H,15-18H2,1H3. The van der Waals surface area contributed by atoms with E-state index >= 15 is 0 Å². The summed E-state index contributed by atoms with van der Waals surface area (Å²) < 4.78 is 0. The van der Waals surface area contributed by atoms with Crippen molar-refractivity contribution in [2.75, 3.05) is 11.4 Å². The normalized spacial score (nSPS) is 13.1. The van der Waals surface area contributed by atoms with E-state index in [1.165, 1.54) is 22.3 Å². The van der Waals surface area contributed by atoms with Crippen molar-refractivity contribution < 1.29 is 0 Å². The number of para-hydroxylation sites is 1. The molecule has 0 spiro atoms. The number of rotatable bonds is 3. The zero-order valence-corrected chi connectivity index (χ0v) is 16.5. The van der Waals surface area contributed by atoms with Gasteiger partial charge >= 0.3 is 0 Å². The molecule has 1 heterocycles. The van der Waals surface area contributed by atoms with Gasteiger partial charge in [-0.2, -0.15) is 0 Å². The molecule has 0 aliphatic carbocycles. The van der Waals surface area contributed by atoms with E-state index in [9.17, 15) is 0 Å². The molecule has 27 heavy (non-hydrogen) atoms. The van der Waals surface area contributed by atoms with E-state index in [2.05, 4.69) is 89.5 Å². The van der Waals surface area contributed by atoms with Gasteiger partial charge < -0.3 is 9.80 Å². The summed E-state index contributed by atoms with van der Waals surface area (Å²) in [7, 11) is 0. The Morgan fingerprint density at radius 1 is 0.889 bits per heavy atom. The second-order valence-electron chi connectivity index (χ2n) is 7.13. The van der Waals surface area contributed by atoms with Crippen LogP contribution in [0.1, 0.15) is 22.3 Å². The lowest BCUT2D eigenvalue weighted by molar-refractivity contribution is 0.393. The molecule has 3 aromatic rings. The molecular weight excluding hydrogens is 348 g/mol. The number of hydrogen-bond acceptors (Lipinski definition) is 1. The summed E-state index contributed by atoms with van der Waals surface area (Å²) in [6, 6.07) is 27.9. The van der Waals surface area contributed by atoms with E-state index in [-0.39, 0.29) is 0 Å². The van der Waals surface area contributed by atoms with E-state index in [1.54, 1.807) is 0 Å². The summed E-state index contributed by atoms with van der Waals surface area (Å²) in [5.74, 6) is 0. The fourth-order valence-electron chi connectivity index (χ4n) is 3.58. The van der Waals surface area contributed by atoms with Crippen LogP contribution < -0.4 is 4.90 Å². The summed E-state index contributed by atoms with van der Waals surface area (Å²) in [4.78, 5) is 4.59. The molecule has 0 aromatic heterocycles. The number of thiocarbonyl (C=S) groups is 1. The number of fused-ring (bicyclic) bond motifs is 1. The van der Waals surface area contributed by atoms with Gasteiger partial charge in [0, 0.05) is 18.8 Å². The third-order valence-corrected chi connectivity index (χ3v) is 5.64. The zero-order valence-electron chi connectivity index (χ0n) is 15.6. The van der Waals surface area contributed by atoms with Crippen LogP contribution in [0.25, 0.3) is 0 Å². The SMILES string of the molecule is Cc1ccc(CN(C(=S)N2CCc3ccccc3C2)c2ccccc2)cc1. The van der Waals surface area contributed by atoms with Gasteiger partial charge in [0.05, 0.1) is 6.54 Å². The van der Waals surface area contributed by atoms with Gasteiger partial charge in [-0.15, -0.1) is 0 Å². The molecular formula is C24H24N2S. The summed E-state index contributed by atoms with van der Waals surface area (Å²) >= 11 is 5.98. The van der Waals surface area contributed by atoms with Crippen molar-refractivity contribution in [3.63, 3.8) is 0 Å². The van der Waals surface area contributed by atoms with E-state index < -0.39 is 0 Å². The number of hydrogen-bond donors (Lipinski definition) is 0. The Morgan fingerprint density at radius 3 is 2.30 bits per heavy atom. The topological polar surface area (TPSA) is 6.48 Å². The van der Waals surface area contributed by atoms with E-state index in [1.807, 2.05) is 6.07 Å². The van der Waals surface area contributed by atoms with Crippen LogP contribution in [0.15, 0.2) is 78.9 Å². The number of nitrogens with zero attached hydrogens (tertiary/aromatic N) is 2. The predicted octanol–water partition coefficient (Wildman–Crippen LogP) is 5.34. The summed E-state index contributed by atoms with van der Waals surface area (Å²) in [5.41, 5.74) is 6.52. The second kappa shape index (κ2) is 7.93. The molecule has 0 bridgehead atoms. The van der Waals surface area contributed by atoms with Gasteiger partial charge in [0.1, 0.15) is 0 Å². The first-order valence-electron chi connectivity index (χ1n) is 9.44. The molecule has 2 nitrogen and oxygen atoms in total. The highest BCUT2D eigenvalue weighted by Gasteiger charge is 2.23. The van der Waals surface area contributed by atoms with Crippen molar-refractivity contribution in [1.29, 1.82) is 0 Å². The zero-order chi connectivity index (χ0) is 18.6. The first-order chi connectivity index (χ1) is 13.2. The van der Waals surface area contributed by atoms with E-state index in [4.69, 9.17) is 12.2 Å². The molecule has 0 radical (unpaired) electrons. The molecule has 4 rings (SSSR count). The van der Waals surface area contributed by atoms with Crippen molar-refractivity contribution in [2.45, 2.75) is 26.4 Å². The Kier molecular flexibility index (Phi) is 5.21. The van der Waals surface area contributed by atoms with Crippen molar-refractivity contribution >= 4 is 23.0 Å². The average Bonchev–Trinajstić information content (AvgIpc) is 2.73. The fraction of sp³-hybridized carbons (Fsp3) is 0.208. The highest BCUT2D eigenvalue weighted by Crippen LogP contribution is 2.24. The van der Waals surface area contributed by atoms with Crippen molar-refractivity contribution in [1.82, 2.24) is 4.90 Å². The van der Waals surface area contributed by atoms with Crippen LogP contribution in [0.3, 0.4) is 0 Å². The van der Waals surface area contributed by atoms with Crippen LogP contribution in [0.5, 0.6) is 0 Å². The van der Waals surface area contributed by atoms with Gasteiger partial charge in [0.15, 0.2) is 5.11 Å². The Labute approximate surface area is 167 Å². The molecule has 3 heteroatoms. The second-order valence-corrected chi connectivity index (χ2v) is 7.50. The molecule has 0 fully saturated rings. The number of benzene rings is 3. The minimum absolute atomic E-state index is 0.779. The predicted molar refractivity (Wildman–Crippen MR) is 117 cm³/mol. The molecule has 0 saturated heterocycles. The maximum atomic E-state index is 5.98. The smallest absolute Gasteiger partial charge is 0.176 e. The van der Waals surface area contributed by atoms with Crippen LogP contribution in [0.2, 0.25) is 0 Å². The molecule has 0 amide bonds. The highest BCUT2D eigenvalue weighted by molar-refractivity contribution is 7.80. The Morgan fingerprint density at radius 2 is 1.56 bits per heavy atom. The summed E-state index contributed by atoms with van der Waals surface area (Å²) in [5, 5.41) is 0.899. The quantitative estimate of drug-likeness (QED) is 0.573. The van der Waals surface area contributed by atoms with Crippen LogP contribution in [-0.2, 0) is 19.5 Å². The van der Waals surface area contributed by atoms with Gasteiger partial charge in [0.25, 0.3) is 0 Å². The molecule has 3 aromatic carbocycles. The monoisotopic (exact) mass is 372 g/mol. The van der Waals surface area contributed by atoms with Gasteiger partial charge in [0.2, 0.25) is 0 Å². The van der Waals surface area contributed by atoms with E-state index in [0.29, 0.717) is 0 Å². The van der Waals surface area contributed by atoms with Gasteiger partial charge in [-0.3, -0.25) is 0 Å². The first-order valence-corrected chi connectivity index (χ1v) is 9.85. The molecule has 0 atom stereocenters. The average molecular weight is 373 g/mol. The van der Waals surface area contributed by atoms with E-state index in [0.717, 1.165) is 36.9 Å². The molecule has 0 N–H and O–H groups in total. The minimum atomic E-state index is 0.779. The number of anilines is 1. The summed E-state index contributed by atoms with van der Waals surface area (Å²) in [6.45, 7) is 4.75. The third kappa shape index (κ3) is 4.04. The molecule has 1 aliphatic rings. The maximum Gasteiger partial charge on any atom is 0.176 e. The van der Waals surface area contributed by atoms with Crippen LogP contribution in [-0.4, -0.2) is 16.6 Å². The minimum Gasteiger partial charge on any atom is -0.344 e. The van der Waals surface area contributed by atoms with Crippen molar-refractivity contribution in [3.05, 3.63) is 101 Å². The van der Waals surface area contributed by atoms with Gasteiger partial charge in [-0.25, -0.2) is 0 Å². The molecule has 0 unspecified atom stereocenters. The van der Waals surface area contributed by atoms with Crippen LogP contribution in [0, 0.1) is 6.92 Å².